The van der Waals surface area contributed by atoms with E-state index in [0.29, 0.717) is 0 Å². The van der Waals surface area contributed by atoms with Gasteiger partial charge in [0.1, 0.15) is 0 Å². The molecule has 0 radical (unpaired) electrons. The fourth-order valence-corrected chi connectivity index (χ4v) is 1.85. The van der Waals surface area contributed by atoms with E-state index in [2.05, 4.69) is 12.2 Å². The van der Waals surface area contributed by atoms with Gasteiger partial charge < -0.3 is 5.32 Å². The van der Waals surface area contributed by atoms with E-state index >= 15 is 0 Å². The third-order valence-electron chi connectivity index (χ3n) is 2.61. The largest absolute Gasteiger partial charge is 0.316 e. The van der Waals surface area contributed by atoms with Gasteiger partial charge in [-0.1, -0.05) is 40.0 Å². The Morgan fingerprint density at radius 2 is 2.00 bits per heavy atom. The molecule has 0 aromatic carbocycles. The predicted octanol–water partition coefficient (Wildman–Crippen LogP) is 3.59. The molecule has 1 heteroatoms. The zero-order chi connectivity index (χ0) is 9.94. The van der Waals surface area contributed by atoms with Crippen LogP contribution in [0, 0.1) is 5.92 Å². The molecular formula is C12H27N. The van der Waals surface area contributed by atoms with Gasteiger partial charge in [-0.2, -0.15) is 0 Å². The molecule has 1 nitrogen and oxygen atoms in total. The normalized spacial score (nSPS) is 21.9. The Morgan fingerprint density at radius 1 is 1.23 bits per heavy atom. The molecule has 1 unspecified atom stereocenters. The number of piperidine rings is 1. The van der Waals surface area contributed by atoms with E-state index < -0.39 is 0 Å². The lowest BCUT2D eigenvalue weighted by atomic mass is 9.94. The van der Waals surface area contributed by atoms with E-state index in [9.17, 15) is 0 Å². The van der Waals surface area contributed by atoms with Gasteiger partial charge >= 0.3 is 0 Å². The van der Waals surface area contributed by atoms with Crippen LogP contribution in [0.1, 0.15) is 59.3 Å². The summed E-state index contributed by atoms with van der Waals surface area (Å²) in [6.07, 6.45) is 8.56. The molecule has 1 aliphatic rings. The third-order valence-corrected chi connectivity index (χ3v) is 2.61. The first-order valence-corrected chi connectivity index (χ1v) is 6.14. The number of nitrogens with one attached hydrogen (secondary N) is 1. The van der Waals surface area contributed by atoms with Crippen molar-refractivity contribution < 1.29 is 0 Å². The van der Waals surface area contributed by atoms with Crippen LogP contribution >= 0.6 is 0 Å². The summed E-state index contributed by atoms with van der Waals surface area (Å²) < 4.78 is 0. The number of rotatable bonds is 4. The molecule has 0 aromatic heterocycles. The summed E-state index contributed by atoms with van der Waals surface area (Å²) in [4.78, 5) is 0. The van der Waals surface area contributed by atoms with E-state index in [0.717, 1.165) is 5.92 Å². The van der Waals surface area contributed by atoms with Crippen molar-refractivity contribution in [3.8, 4) is 0 Å². The molecule has 0 saturated carbocycles. The summed E-state index contributed by atoms with van der Waals surface area (Å²) >= 11 is 0. The van der Waals surface area contributed by atoms with Crippen molar-refractivity contribution in [2.24, 2.45) is 5.92 Å². The molecule has 1 heterocycles. The molecule has 1 saturated heterocycles. The van der Waals surface area contributed by atoms with Gasteiger partial charge in [0.2, 0.25) is 0 Å². The molecule has 0 aromatic rings. The summed E-state index contributed by atoms with van der Waals surface area (Å²) in [7, 11) is 0. The van der Waals surface area contributed by atoms with Gasteiger partial charge in [0.25, 0.3) is 0 Å². The van der Waals surface area contributed by atoms with Crippen LogP contribution in [0.25, 0.3) is 0 Å². The Kier molecular flexibility index (Phi) is 10.0. The van der Waals surface area contributed by atoms with Crippen molar-refractivity contribution in [1.82, 2.24) is 5.32 Å². The van der Waals surface area contributed by atoms with Crippen molar-refractivity contribution in [2.45, 2.75) is 59.3 Å². The number of hydrogen-bond acceptors (Lipinski definition) is 1. The summed E-state index contributed by atoms with van der Waals surface area (Å²) in [5.74, 6) is 0.996. The molecule has 1 N–H and O–H groups in total. The maximum absolute atomic E-state index is 3.46. The maximum atomic E-state index is 3.46. The molecule has 13 heavy (non-hydrogen) atoms. The molecule has 0 aliphatic carbocycles. The van der Waals surface area contributed by atoms with E-state index in [1.807, 2.05) is 13.8 Å². The van der Waals surface area contributed by atoms with Gasteiger partial charge in [0, 0.05) is 0 Å². The quantitative estimate of drug-likeness (QED) is 0.660. The maximum Gasteiger partial charge on any atom is -0.00205 e. The Bertz CT molecular complexity index is 85.1. The number of unbranched alkanes of at least 4 members (excludes halogenated alkanes) is 2. The second-order valence-corrected chi connectivity index (χ2v) is 3.71. The van der Waals surface area contributed by atoms with E-state index in [1.165, 1.54) is 51.6 Å². The van der Waals surface area contributed by atoms with Crippen molar-refractivity contribution in [3.05, 3.63) is 0 Å². The van der Waals surface area contributed by atoms with Crippen LogP contribution < -0.4 is 5.32 Å². The summed E-state index contributed by atoms with van der Waals surface area (Å²) in [5, 5.41) is 3.46. The van der Waals surface area contributed by atoms with Gasteiger partial charge in [0.05, 0.1) is 0 Å². The fourth-order valence-electron chi connectivity index (χ4n) is 1.85. The van der Waals surface area contributed by atoms with Crippen LogP contribution in [0.4, 0.5) is 0 Å². The Morgan fingerprint density at radius 3 is 2.54 bits per heavy atom. The van der Waals surface area contributed by atoms with Crippen LogP contribution in [0.5, 0.6) is 0 Å². The number of hydrogen-bond donors (Lipinski definition) is 1. The second-order valence-electron chi connectivity index (χ2n) is 3.71. The van der Waals surface area contributed by atoms with E-state index in [1.54, 1.807) is 0 Å². The monoisotopic (exact) mass is 185 g/mol. The van der Waals surface area contributed by atoms with Gasteiger partial charge in [-0.25, -0.2) is 0 Å². The van der Waals surface area contributed by atoms with Crippen molar-refractivity contribution in [3.63, 3.8) is 0 Å². The fraction of sp³-hybridized carbons (Fsp3) is 1.00. The van der Waals surface area contributed by atoms with Gasteiger partial charge in [-0.15, -0.1) is 0 Å². The van der Waals surface area contributed by atoms with Crippen LogP contribution in [0.3, 0.4) is 0 Å². The van der Waals surface area contributed by atoms with Gasteiger partial charge in [-0.05, 0) is 38.3 Å². The molecule has 1 aliphatic heterocycles. The van der Waals surface area contributed by atoms with Gasteiger partial charge in [-0.3, -0.25) is 0 Å². The Labute approximate surface area is 84.3 Å². The van der Waals surface area contributed by atoms with Crippen LogP contribution in [-0.2, 0) is 0 Å². The van der Waals surface area contributed by atoms with Crippen LogP contribution in [0.15, 0.2) is 0 Å². The molecule has 0 bridgehead atoms. The first-order chi connectivity index (χ1) is 6.43. The summed E-state index contributed by atoms with van der Waals surface area (Å²) in [6, 6.07) is 0. The first-order valence-electron chi connectivity index (χ1n) is 6.14. The van der Waals surface area contributed by atoms with E-state index in [-0.39, 0.29) is 0 Å². The lowest BCUT2D eigenvalue weighted by molar-refractivity contribution is 0.347. The molecule has 0 amide bonds. The molecule has 0 spiro atoms. The minimum absolute atomic E-state index is 0.996. The third kappa shape index (κ3) is 7.06. The van der Waals surface area contributed by atoms with Crippen molar-refractivity contribution in [1.29, 1.82) is 0 Å². The Balaban J connectivity index is 0.000000671. The highest BCUT2D eigenvalue weighted by atomic mass is 14.9. The predicted molar refractivity (Wildman–Crippen MR) is 61.1 cm³/mol. The average Bonchev–Trinajstić information content (AvgIpc) is 2.23. The van der Waals surface area contributed by atoms with Crippen molar-refractivity contribution >= 4 is 0 Å². The molecule has 80 valence electrons. The Hall–Kier alpha value is -0.0400. The molecular weight excluding hydrogens is 158 g/mol. The highest BCUT2D eigenvalue weighted by Crippen LogP contribution is 2.17. The zero-order valence-electron chi connectivity index (χ0n) is 9.73. The molecule has 1 rings (SSSR count). The lowest BCUT2D eigenvalue weighted by Gasteiger charge is -2.22. The highest BCUT2D eigenvalue weighted by molar-refractivity contribution is 4.68. The average molecular weight is 185 g/mol. The van der Waals surface area contributed by atoms with Crippen molar-refractivity contribution in [2.75, 3.05) is 13.1 Å². The van der Waals surface area contributed by atoms with Crippen LogP contribution in [0.2, 0.25) is 0 Å². The summed E-state index contributed by atoms with van der Waals surface area (Å²) in [6.45, 7) is 8.81. The molecule has 1 atom stereocenters. The lowest BCUT2D eigenvalue weighted by Crippen LogP contribution is -2.29. The van der Waals surface area contributed by atoms with E-state index in [4.69, 9.17) is 0 Å². The summed E-state index contributed by atoms with van der Waals surface area (Å²) in [5.41, 5.74) is 0. The second kappa shape index (κ2) is 10.0. The zero-order valence-corrected chi connectivity index (χ0v) is 9.73. The topological polar surface area (TPSA) is 12.0 Å². The first kappa shape index (κ1) is 13.0. The molecule has 1 fully saturated rings. The highest BCUT2D eigenvalue weighted by Gasteiger charge is 2.11. The van der Waals surface area contributed by atoms with Crippen LogP contribution in [-0.4, -0.2) is 13.1 Å². The minimum Gasteiger partial charge on any atom is -0.316 e. The van der Waals surface area contributed by atoms with Gasteiger partial charge in [0.15, 0.2) is 0 Å². The standard InChI is InChI=1S/C10H21N.C2H6/c1-2-3-4-6-10-7-5-8-11-9-10;1-2/h10-11H,2-9H2,1H3;1-2H3. The minimum atomic E-state index is 0.996. The SMILES string of the molecule is CC.CCCCCC1CCCNC1. The smallest absolute Gasteiger partial charge is 0.00205 e.